The van der Waals surface area contributed by atoms with Crippen molar-refractivity contribution in [2.24, 2.45) is 0 Å². The number of benzene rings is 2. The third kappa shape index (κ3) is 4.03. The molecule has 0 bridgehead atoms. The first-order chi connectivity index (χ1) is 16.7. The molecule has 5 aromatic rings. The van der Waals surface area contributed by atoms with Crippen molar-refractivity contribution in [2.45, 2.75) is 19.1 Å². The van der Waals surface area contributed by atoms with Gasteiger partial charge in [-0.1, -0.05) is 6.07 Å². The summed E-state index contributed by atoms with van der Waals surface area (Å²) in [6, 6.07) is 13.9. The number of pyridine rings is 2. The number of fused-ring (bicyclic) bond motifs is 3. The molecule has 0 aliphatic carbocycles. The highest BCUT2D eigenvalue weighted by Gasteiger charge is 2.30. The maximum atomic E-state index is 13.1. The molecule has 176 valence electrons. The van der Waals surface area contributed by atoms with Gasteiger partial charge in [-0.05, 0) is 61.5 Å². The summed E-state index contributed by atoms with van der Waals surface area (Å²) in [5.74, 6) is -0.367. The summed E-state index contributed by atoms with van der Waals surface area (Å²) in [6.45, 7) is 1.80. The SMILES string of the molecule is C[C@H](NC(=O)c1ccc2c(c1)c1ncoc1c(=O)n2-c1ccc(C(F)(F)F)cc1)c1ccccn1. The van der Waals surface area contributed by atoms with Crippen molar-refractivity contribution in [2.75, 3.05) is 0 Å². The minimum atomic E-state index is -4.50. The highest BCUT2D eigenvalue weighted by molar-refractivity contribution is 6.06. The van der Waals surface area contributed by atoms with E-state index in [0.717, 1.165) is 18.5 Å². The molecule has 0 radical (unpaired) electrons. The summed E-state index contributed by atoms with van der Waals surface area (Å²) in [6.07, 6.45) is -1.76. The van der Waals surface area contributed by atoms with Gasteiger partial charge in [0.05, 0.1) is 22.8 Å². The summed E-state index contributed by atoms with van der Waals surface area (Å²) in [5, 5.41) is 3.31. The summed E-state index contributed by atoms with van der Waals surface area (Å²) in [4.78, 5) is 34.4. The van der Waals surface area contributed by atoms with Gasteiger partial charge in [0.1, 0.15) is 5.52 Å². The first-order valence-electron chi connectivity index (χ1n) is 10.6. The summed E-state index contributed by atoms with van der Waals surface area (Å²) in [7, 11) is 0. The molecule has 0 fully saturated rings. The van der Waals surface area contributed by atoms with Crippen molar-refractivity contribution in [3.05, 3.63) is 100 Å². The van der Waals surface area contributed by atoms with Gasteiger partial charge in [-0.25, -0.2) is 4.98 Å². The maximum Gasteiger partial charge on any atom is 0.416 e. The molecule has 3 aromatic heterocycles. The summed E-state index contributed by atoms with van der Waals surface area (Å²) < 4.78 is 45.5. The van der Waals surface area contributed by atoms with E-state index in [1.165, 1.54) is 22.8 Å². The standard InChI is InChI=1S/C25H17F3N4O3/c1-14(19-4-2-3-11-29-19)31-23(33)15-5-10-20-18(12-15)21-22(35-13-30-21)24(34)32(20)17-8-6-16(7-9-17)25(26,27)28/h2-14H,1H3,(H,31,33)/t14-/m0/s1. The van der Waals surface area contributed by atoms with E-state index < -0.39 is 17.3 Å². The van der Waals surface area contributed by atoms with Crippen LogP contribution < -0.4 is 10.9 Å². The Hall–Kier alpha value is -4.47. The topological polar surface area (TPSA) is 90.0 Å². The van der Waals surface area contributed by atoms with Crippen LogP contribution in [0.2, 0.25) is 0 Å². The minimum Gasteiger partial charge on any atom is -0.438 e. The predicted molar refractivity (Wildman–Crippen MR) is 122 cm³/mol. The van der Waals surface area contributed by atoms with E-state index >= 15 is 0 Å². The fraction of sp³-hybridized carbons (Fsp3) is 0.120. The lowest BCUT2D eigenvalue weighted by Crippen LogP contribution is -2.27. The van der Waals surface area contributed by atoms with E-state index in [0.29, 0.717) is 22.2 Å². The van der Waals surface area contributed by atoms with E-state index in [-0.39, 0.29) is 28.7 Å². The van der Waals surface area contributed by atoms with E-state index in [4.69, 9.17) is 4.42 Å². The number of rotatable bonds is 4. The van der Waals surface area contributed by atoms with E-state index in [2.05, 4.69) is 15.3 Å². The Kier molecular flexibility index (Phi) is 5.35. The highest BCUT2D eigenvalue weighted by Crippen LogP contribution is 2.31. The molecule has 0 saturated carbocycles. The van der Waals surface area contributed by atoms with Gasteiger partial charge in [0.15, 0.2) is 6.39 Å². The molecule has 5 rings (SSSR count). The van der Waals surface area contributed by atoms with Gasteiger partial charge in [0.25, 0.3) is 5.91 Å². The smallest absolute Gasteiger partial charge is 0.416 e. The molecule has 1 atom stereocenters. The van der Waals surface area contributed by atoms with Gasteiger partial charge in [0, 0.05) is 22.8 Å². The van der Waals surface area contributed by atoms with E-state index in [1.807, 2.05) is 6.07 Å². The average Bonchev–Trinajstić information content (AvgIpc) is 3.35. The normalized spacial score (nSPS) is 12.7. The zero-order chi connectivity index (χ0) is 24.7. The number of oxazole rings is 1. The largest absolute Gasteiger partial charge is 0.438 e. The fourth-order valence-electron chi connectivity index (χ4n) is 3.90. The van der Waals surface area contributed by atoms with Crippen LogP contribution in [0.4, 0.5) is 13.2 Å². The second kappa shape index (κ2) is 8.39. The van der Waals surface area contributed by atoms with Crippen molar-refractivity contribution in [3.8, 4) is 5.69 Å². The molecule has 1 N–H and O–H groups in total. The van der Waals surface area contributed by atoms with Crippen LogP contribution in [0.15, 0.2) is 82.5 Å². The van der Waals surface area contributed by atoms with Gasteiger partial charge in [-0.3, -0.25) is 19.1 Å². The zero-order valence-electron chi connectivity index (χ0n) is 18.2. The number of aromatic nitrogens is 3. The monoisotopic (exact) mass is 478 g/mol. The van der Waals surface area contributed by atoms with Crippen molar-refractivity contribution in [1.82, 2.24) is 19.9 Å². The molecule has 0 aliphatic rings. The molecule has 0 unspecified atom stereocenters. The number of carbonyl (C=O) groups excluding carboxylic acids is 1. The van der Waals surface area contributed by atoms with Crippen LogP contribution in [0.25, 0.3) is 27.7 Å². The Morgan fingerprint density at radius 2 is 1.83 bits per heavy atom. The van der Waals surface area contributed by atoms with Crippen molar-refractivity contribution in [3.63, 3.8) is 0 Å². The Morgan fingerprint density at radius 1 is 1.06 bits per heavy atom. The zero-order valence-corrected chi connectivity index (χ0v) is 18.2. The average molecular weight is 478 g/mol. The summed E-state index contributed by atoms with van der Waals surface area (Å²) in [5.41, 5.74) is 0.347. The number of carbonyl (C=O) groups is 1. The van der Waals surface area contributed by atoms with Crippen LogP contribution >= 0.6 is 0 Å². The molecule has 0 spiro atoms. The molecule has 10 heteroatoms. The lowest BCUT2D eigenvalue weighted by Gasteiger charge is -2.15. The number of hydrogen-bond donors (Lipinski definition) is 1. The molecule has 2 aromatic carbocycles. The van der Waals surface area contributed by atoms with Crippen LogP contribution in [0.3, 0.4) is 0 Å². The third-order valence-corrected chi connectivity index (χ3v) is 5.65. The van der Waals surface area contributed by atoms with Crippen molar-refractivity contribution in [1.29, 1.82) is 0 Å². The summed E-state index contributed by atoms with van der Waals surface area (Å²) >= 11 is 0. The number of alkyl halides is 3. The molecule has 35 heavy (non-hydrogen) atoms. The minimum absolute atomic E-state index is 0.0724. The fourth-order valence-corrected chi connectivity index (χ4v) is 3.90. The van der Waals surface area contributed by atoms with Gasteiger partial charge < -0.3 is 9.73 Å². The Bertz CT molecular complexity index is 1610. The molecule has 1 amide bonds. The van der Waals surface area contributed by atoms with E-state index in [1.54, 1.807) is 37.4 Å². The third-order valence-electron chi connectivity index (χ3n) is 5.65. The second-order valence-corrected chi connectivity index (χ2v) is 7.90. The second-order valence-electron chi connectivity index (χ2n) is 7.90. The van der Waals surface area contributed by atoms with Crippen LogP contribution in [-0.4, -0.2) is 20.4 Å². The molecule has 0 aliphatic heterocycles. The Labute approximate surface area is 195 Å². The Morgan fingerprint density at radius 3 is 2.51 bits per heavy atom. The number of nitrogens with one attached hydrogen (secondary N) is 1. The lowest BCUT2D eigenvalue weighted by molar-refractivity contribution is -0.137. The number of amides is 1. The maximum absolute atomic E-state index is 13.1. The predicted octanol–water partition coefficient (Wildman–Crippen LogP) is 5.04. The van der Waals surface area contributed by atoms with Gasteiger partial charge in [-0.15, -0.1) is 0 Å². The quantitative estimate of drug-likeness (QED) is 0.391. The number of hydrogen-bond acceptors (Lipinski definition) is 5. The molecular formula is C25H17F3N4O3. The van der Waals surface area contributed by atoms with E-state index in [9.17, 15) is 22.8 Å². The van der Waals surface area contributed by atoms with Gasteiger partial charge in [-0.2, -0.15) is 13.2 Å². The molecule has 0 saturated heterocycles. The lowest BCUT2D eigenvalue weighted by atomic mass is 10.1. The first kappa shape index (κ1) is 22.3. The Balaban J connectivity index is 1.60. The van der Waals surface area contributed by atoms with Crippen LogP contribution in [0.1, 0.15) is 34.6 Å². The highest BCUT2D eigenvalue weighted by atomic mass is 19.4. The number of nitrogens with zero attached hydrogens (tertiary/aromatic N) is 3. The first-order valence-corrected chi connectivity index (χ1v) is 10.6. The number of halogens is 3. The molecule has 7 nitrogen and oxygen atoms in total. The van der Waals surface area contributed by atoms with Crippen molar-refractivity contribution >= 4 is 27.9 Å². The van der Waals surface area contributed by atoms with Crippen molar-refractivity contribution < 1.29 is 22.4 Å². The van der Waals surface area contributed by atoms with Crippen LogP contribution in [0.5, 0.6) is 0 Å². The van der Waals surface area contributed by atoms with Crippen LogP contribution in [0, 0.1) is 0 Å². The van der Waals surface area contributed by atoms with Crippen LogP contribution in [-0.2, 0) is 6.18 Å². The molecular weight excluding hydrogens is 461 g/mol. The molecule has 3 heterocycles. The van der Waals surface area contributed by atoms with Gasteiger partial charge >= 0.3 is 11.7 Å². The van der Waals surface area contributed by atoms with Gasteiger partial charge in [0.2, 0.25) is 5.58 Å².